The minimum Gasteiger partial charge on any atom is -0.455 e. The lowest BCUT2D eigenvalue weighted by atomic mass is 9.98. The van der Waals surface area contributed by atoms with Crippen LogP contribution in [0.3, 0.4) is 0 Å². The van der Waals surface area contributed by atoms with E-state index in [2.05, 4.69) is 16.0 Å². The molecule has 1 aromatic heterocycles. The monoisotopic (exact) mass is 557 g/mol. The average Bonchev–Trinajstić information content (AvgIpc) is 3.90. The van der Waals surface area contributed by atoms with Gasteiger partial charge in [0.2, 0.25) is 11.8 Å². The van der Waals surface area contributed by atoms with E-state index in [1.807, 2.05) is 6.07 Å². The highest BCUT2D eigenvalue weighted by atomic mass is 19.1. The molecule has 0 spiro atoms. The zero-order valence-electron chi connectivity index (χ0n) is 22.2. The van der Waals surface area contributed by atoms with E-state index in [4.69, 9.17) is 4.42 Å². The first-order valence-electron chi connectivity index (χ1n) is 13.3. The minimum absolute atomic E-state index is 0.307. The zero-order valence-corrected chi connectivity index (χ0v) is 22.2. The standard InChI is InChI=1S/C31H28FN3O6/c1-33-28(37)25-23-16-19(7-12-24(23)41-26(25)17-5-10-22(32)11-6-17)18-3-2-4-20(15-18)27(36)34-30(13-14-30)29(38)35-31(39,40)21-8-9-21/h2-7,10-12,15-16,21,39-40H,8-9,13-14H2,1H3,(H,33,37)(H,34,36)(H,35,38). The minimum atomic E-state index is -2.28. The summed E-state index contributed by atoms with van der Waals surface area (Å²) in [5.74, 6) is -4.24. The topological polar surface area (TPSA) is 141 Å². The van der Waals surface area contributed by atoms with Crippen molar-refractivity contribution in [3.05, 3.63) is 83.7 Å². The van der Waals surface area contributed by atoms with Gasteiger partial charge in [-0.3, -0.25) is 14.4 Å². The first-order valence-corrected chi connectivity index (χ1v) is 13.3. The third-order valence-electron chi connectivity index (χ3n) is 7.69. The molecule has 2 aliphatic carbocycles. The van der Waals surface area contributed by atoms with Crippen LogP contribution in [0.15, 0.2) is 71.1 Å². The maximum atomic E-state index is 13.5. The van der Waals surface area contributed by atoms with Crippen molar-refractivity contribution in [1.29, 1.82) is 0 Å². The lowest BCUT2D eigenvalue weighted by Gasteiger charge is -2.26. The van der Waals surface area contributed by atoms with E-state index in [9.17, 15) is 29.0 Å². The van der Waals surface area contributed by atoms with Crippen LogP contribution in [-0.2, 0) is 4.79 Å². The molecule has 1 heterocycles. The van der Waals surface area contributed by atoms with Crippen LogP contribution >= 0.6 is 0 Å². The first-order chi connectivity index (χ1) is 19.6. The fraction of sp³-hybridized carbons (Fsp3) is 0.258. The van der Waals surface area contributed by atoms with Crippen molar-refractivity contribution in [1.82, 2.24) is 16.0 Å². The Morgan fingerprint density at radius 3 is 2.27 bits per heavy atom. The summed E-state index contributed by atoms with van der Waals surface area (Å²) in [7, 11) is 1.52. The van der Waals surface area contributed by atoms with Gasteiger partial charge in [0, 0.05) is 29.5 Å². The molecule has 9 nitrogen and oxygen atoms in total. The molecule has 0 bridgehead atoms. The van der Waals surface area contributed by atoms with Crippen LogP contribution in [0, 0.1) is 11.7 Å². The third-order valence-corrected chi connectivity index (χ3v) is 7.69. The van der Waals surface area contributed by atoms with Gasteiger partial charge in [0.05, 0.1) is 5.56 Å². The summed E-state index contributed by atoms with van der Waals surface area (Å²) in [4.78, 5) is 38.8. The molecule has 4 aromatic rings. The Bertz CT molecular complexity index is 1690. The average molecular weight is 558 g/mol. The van der Waals surface area contributed by atoms with E-state index in [1.165, 1.54) is 19.2 Å². The van der Waals surface area contributed by atoms with Gasteiger partial charge in [-0.15, -0.1) is 0 Å². The molecule has 0 unspecified atom stereocenters. The Labute approximate surface area is 234 Å². The van der Waals surface area contributed by atoms with Gasteiger partial charge in [-0.05, 0) is 85.3 Å². The normalized spacial score (nSPS) is 15.8. The number of amides is 3. The second-order valence-corrected chi connectivity index (χ2v) is 10.7. The fourth-order valence-electron chi connectivity index (χ4n) is 4.97. The smallest absolute Gasteiger partial charge is 0.255 e. The van der Waals surface area contributed by atoms with Gasteiger partial charge in [0.25, 0.3) is 11.8 Å². The highest BCUT2D eigenvalue weighted by molar-refractivity contribution is 6.12. The van der Waals surface area contributed by atoms with Crippen LogP contribution in [0.2, 0.25) is 0 Å². The number of carbonyl (C=O) groups excluding carboxylic acids is 3. The van der Waals surface area contributed by atoms with Crippen LogP contribution < -0.4 is 16.0 Å². The molecule has 0 atom stereocenters. The van der Waals surface area contributed by atoms with Crippen molar-refractivity contribution in [3.8, 4) is 22.5 Å². The van der Waals surface area contributed by atoms with Gasteiger partial charge in [-0.1, -0.05) is 18.2 Å². The Morgan fingerprint density at radius 2 is 1.61 bits per heavy atom. The molecule has 3 amide bonds. The van der Waals surface area contributed by atoms with Crippen LogP contribution in [-0.4, -0.2) is 46.4 Å². The summed E-state index contributed by atoms with van der Waals surface area (Å²) < 4.78 is 19.5. The van der Waals surface area contributed by atoms with Crippen molar-refractivity contribution in [3.63, 3.8) is 0 Å². The number of carbonyl (C=O) groups is 3. The Morgan fingerprint density at radius 1 is 0.927 bits per heavy atom. The molecule has 2 saturated carbocycles. The summed E-state index contributed by atoms with van der Waals surface area (Å²) in [6.07, 6.45) is 2.01. The second kappa shape index (κ2) is 9.83. The number of halogens is 1. The van der Waals surface area contributed by atoms with Crippen molar-refractivity contribution in [2.24, 2.45) is 5.92 Å². The van der Waals surface area contributed by atoms with E-state index < -0.39 is 35.0 Å². The second-order valence-electron chi connectivity index (χ2n) is 10.7. The highest BCUT2D eigenvalue weighted by Crippen LogP contribution is 2.40. The Kier molecular flexibility index (Phi) is 6.39. The third kappa shape index (κ3) is 5.07. The number of hydrogen-bond donors (Lipinski definition) is 5. The van der Waals surface area contributed by atoms with E-state index in [1.54, 1.807) is 48.5 Å². The van der Waals surface area contributed by atoms with Gasteiger partial charge >= 0.3 is 0 Å². The molecule has 2 aliphatic rings. The van der Waals surface area contributed by atoms with Crippen molar-refractivity contribution in [2.75, 3.05) is 7.05 Å². The largest absolute Gasteiger partial charge is 0.455 e. The molecular weight excluding hydrogens is 529 g/mol. The summed E-state index contributed by atoms with van der Waals surface area (Å²) in [5, 5.41) is 28.4. The number of nitrogens with one attached hydrogen (secondary N) is 3. The first kappa shape index (κ1) is 26.7. The van der Waals surface area contributed by atoms with Crippen molar-refractivity contribution < 1.29 is 33.4 Å². The SMILES string of the molecule is CNC(=O)c1c(-c2ccc(F)cc2)oc2ccc(-c3cccc(C(=O)NC4(C(=O)NC(O)(O)C5CC5)CC4)c3)cc12. The van der Waals surface area contributed by atoms with Crippen LogP contribution in [0.5, 0.6) is 0 Å². The summed E-state index contributed by atoms with van der Waals surface area (Å²) in [6.45, 7) is 0. The lowest BCUT2D eigenvalue weighted by Crippen LogP contribution is -2.58. The predicted molar refractivity (Wildman–Crippen MR) is 148 cm³/mol. The molecule has 0 aliphatic heterocycles. The molecule has 0 saturated heterocycles. The van der Waals surface area contributed by atoms with Crippen LogP contribution in [0.1, 0.15) is 46.4 Å². The fourth-order valence-corrected chi connectivity index (χ4v) is 4.97. The van der Waals surface area contributed by atoms with E-state index in [-0.39, 0.29) is 5.91 Å². The van der Waals surface area contributed by atoms with E-state index in [0.29, 0.717) is 64.7 Å². The van der Waals surface area contributed by atoms with E-state index in [0.717, 1.165) is 5.56 Å². The molecule has 3 aromatic carbocycles. The summed E-state index contributed by atoms with van der Waals surface area (Å²) in [5.41, 5.74) is 1.87. The lowest BCUT2D eigenvalue weighted by molar-refractivity contribution is -0.204. The van der Waals surface area contributed by atoms with Crippen molar-refractivity contribution >= 4 is 28.7 Å². The number of benzene rings is 3. The summed E-state index contributed by atoms with van der Waals surface area (Å²) >= 11 is 0. The van der Waals surface area contributed by atoms with E-state index >= 15 is 0 Å². The van der Waals surface area contributed by atoms with Crippen molar-refractivity contribution in [2.45, 2.75) is 37.1 Å². The van der Waals surface area contributed by atoms with Gasteiger partial charge in [-0.2, -0.15) is 0 Å². The van der Waals surface area contributed by atoms with Gasteiger partial charge in [0.15, 0.2) is 0 Å². The molecule has 5 N–H and O–H groups in total. The zero-order chi connectivity index (χ0) is 28.9. The molecule has 41 heavy (non-hydrogen) atoms. The van der Waals surface area contributed by atoms with Gasteiger partial charge < -0.3 is 30.6 Å². The Balaban J connectivity index is 1.28. The van der Waals surface area contributed by atoms with Gasteiger partial charge in [0.1, 0.15) is 22.7 Å². The summed E-state index contributed by atoms with van der Waals surface area (Å²) in [6, 6.07) is 17.8. The molecule has 2 fully saturated rings. The maximum absolute atomic E-state index is 13.5. The molecular formula is C31H28FN3O6. The molecule has 0 radical (unpaired) electrons. The Hall–Kier alpha value is -4.54. The number of fused-ring (bicyclic) bond motifs is 1. The number of aliphatic hydroxyl groups is 2. The quantitative estimate of drug-likeness (QED) is 0.209. The molecule has 6 rings (SSSR count). The highest BCUT2D eigenvalue weighted by Gasteiger charge is 2.55. The molecule has 10 heteroatoms. The van der Waals surface area contributed by atoms with Crippen LogP contribution in [0.25, 0.3) is 33.4 Å². The number of hydrogen-bond acceptors (Lipinski definition) is 6. The predicted octanol–water partition coefficient (Wildman–Crippen LogP) is 3.69. The maximum Gasteiger partial charge on any atom is 0.255 e. The number of rotatable bonds is 8. The van der Waals surface area contributed by atoms with Gasteiger partial charge in [-0.25, -0.2) is 4.39 Å². The van der Waals surface area contributed by atoms with Crippen LogP contribution in [0.4, 0.5) is 4.39 Å². The number of furan rings is 1. The molecule has 210 valence electrons.